The van der Waals surface area contributed by atoms with E-state index in [1.807, 2.05) is 54.6 Å². The summed E-state index contributed by atoms with van der Waals surface area (Å²) in [7, 11) is 1.32. The highest BCUT2D eigenvalue weighted by atomic mass is 16.5. The quantitative estimate of drug-likeness (QED) is 0.673. The third-order valence-electron chi connectivity index (χ3n) is 3.41. The number of methoxy groups -OCH3 is 1. The van der Waals surface area contributed by atoms with Crippen LogP contribution in [0.2, 0.25) is 0 Å². The number of ether oxygens (including phenoxy) is 2. The second kappa shape index (κ2) is 7.37. The van der Waals surface area contributed by atoms with Crippen LogP contribution in [0.5, 0.6) is 5.75 Å². The average Bonchev–Trinajstić information content (AvgIpc) is 2.67. The molecule has 3 rings (SSSR count). The smallest absolute Gasteiger partial charge is 0.356 e. The molecule has 0 unspecified atom stereocenters. The van der Waals surface area contributed by atoms with Gasteiger partial charge in [0, 0.05) is 11.8 Å². The van der Waals surface area contributed by atoms with Crippen molar-refractivity contribution in [3.05, 3.63) is 78.1 Å². The second-order valence-electron chi connectivity index (χ2n) is 5.06. The van der Waals surface area contributed by atoms with E-state index in [1.54, 1.807) is 0 Å². The molecule has 0 bridgehead atoms. The van der Waals surface area contributed by atoms with Gasteiger partial charge in [0.25, 0.3) is 0 Å². The molecular formula is C19H16N2O3. The molecular weight excluding hydrogens is 304 g/mol. The monoisotopic (exact) mass is 320 g/mol. The van der Waals surface area contributed by atoms with Crippen molar-refractivity contribution in [1.82, 2.24) is 9.97 Å². The highest BCUT2D eigenvalue weighted by Crippen LogP contribution is 2.20. The number of aromatic nitrogens is 2. The van der Waals surface area contributed by atoms with Gasteiger partial charge in [-0.15, -0.1) is 0 Å². The van der Waals surface area contributed by atoms with E-state index >= 15 is 0 Å². The normalized spacial score (nSPS) is 10.2. The number of rotatable bonds is 5. The Balaban J connectivity index is 1.71. The molecule has 24 heavy (non-hydrogen) atoms. The Labute approximate surface area is 139 Å². The molecule has 0 saturated carbocycles. The van der Waals surface area contributed by atoms with Crippen molar-refractivity contribution >= 4 is 5.97 Å². The van der Waals surface area contributed by atoms with Crippen molar-refractivity contribution in [3.63, 3.8) is 0 Å². The van der Waals surface area contributed by atoms with Gasteiger partial charge in [-0.1, -0.05) is 30.3 Å². The Hall–Kier alpha value is -3.21. The van der Waals surface area contributed by atoms with Gasteiger partial charge in [0.1, 0.15) is 12.4 Å². The lowest BCUT2D eigenvalue weighted by Crippen LogP contribution is -2.05. The third-order valence-corrected chi connectivity index (χ3v) is 3.41. The first kappa shape index (κ1) is 15.7. The van der Waals surface area contributed by atoms with Crippen LogP contribution in [0.15, 0.2) is 66.9 Å². The van der Waals surface area contributed by atoms with Crippen molar-refractivity contribution < 1.29 is 14.3 Å². The van der Waals surface area contributed by atoms with Gasteiger partial charge < -0.3 is 9.47 Å². The van der Waals surface area contributed by atoms with E-state index in [0.717, 1.165) is 16.9 Å². The van der Waals surface area contributed by atoms with E-state index in [9.17, 15) is 4.79 Å². The average molecular weight is 320 g/mol. The maximum atomic E-state index is 11.5. The summed E-state index contributed by atoms with van der Waals surface area (Å²) in [5.41, 5.74) is 2.13. The molecule has 0 N–H and O–H groups in total. The van der Waals surface area contributed by atoms with Crippen LogP contribution < -0.4 is 4.74 Å². The summed E-state index contributed by atoms with van der Waals surface area (Å²) in [4.78, 5) is 19.9. The molecule has 0 spiro atoms. The number of carbonyl (C=O) groups is 1. The lowest BCUT2D eigenvalue weighted by atomic mass is 10.2. The molecule has 0 aliphatic rings. The fraction of sp³-hybridized carbons (Fsp3) is 0.105. The highest BCUT2D eigenvalue weighted by molar-refractivity contribution is 5.87. The zero-order valence-electron chi connectivity index (χ0n) is 13.2. The van der Waals surface area contributed by atoms with Gasteiger partial charge in [-0.05, 0) is 35.9 Å². The first-order valence-electron chi connectivity index (χ1n) is 7.45. The Bertz CT molecular complexity index is 818. The number of carbonyl (C=O) groups excluding carboxylic acids is 1. The number of benzene rings is 2. The van der Waals surface area contributed by atoms with Crippen molar-refractivity contribution in [3.8, 4) is 17.1 Å². The van der Waals surface area contributed by atoms with Crippen LogP contribution in [-0.2, 0) is 11.3 Å². The van der Waals surface area contributed by atoms with Gasteiger partial charge in [-0.25, -0.2) is 14.8 Å². The van der Waals surface area contributed by atoms with E-state index < -0.39 is 5.97 Å². The van der Waals surface area contributed by atoms with Gasteiger partial charge >= 0.3 is 5.97 Å². The molecule has 0 aliphatic heterocycles. The van der Waals surface area contributed by atoms with E-state index in [1.165, 1.54) is 19.4 Å². The van der Waals surface area contributed by atoms with Crippen LogP contribution in [0.25, 0.3) is 11.4 Å². The molecule has 0 fully saturated rings. The maximum absolute atomic E-state index is 11.5. The minimum Gasteiger partial charge on any atom is -0.489 e. The van der Waals surface area contributed by atoms with E-state index in [2.05, 4.69) is 14.7 Å². The van der Waals surface area contributed by atoms with Crippen molar-refractivity contribution in [2.24, 2.45) is 0 Å². The van der Waals surface area contributed by atoms with Gasteiger partial charge in [-0.3, -0.25) is 0 Å². The van der Waals surface area contributed by atoms with Gasteiger partial charge in [0.05, 0.1) is 7.11 Å². The molecule has 0 amide bonds. The summed E-state index contributed by atoms with van der Waals surface area (Å²) in [5.74, 6) is 0.737. The summed E-state index contributed by atoms with van der Waals surface area (Å²) in [5, 5.41) is 0. The molecule has 120 valence electrons. The molecule has 0 saturated heterocycles. The summed E-state index contributed by atoms with van der Waals surface area (Å²) in [6.07, 6.45) is 1.54. The zero-order chi connectivity index (χ0) is 16.8. The predicted octanol–water partition coefficient (Wildman–Crippen LogP) is 3.51. The summed E-state index contributed by atoms with van der Waals surface area (Å²) >= 11 is 0. The molecule has 3 aromatic rings. The fourth-order valence-corrected chi connectivity index (χ4v) is 2.16. The Morgan fingerprint density at radius 2 is 1.75 bits per heavy atom. The van der Waals surface area contributed by atoms with E-state index in [-0.39, 0.29) is 5.69 Å². The molecule has 1 aromatic heterocycles. The molecule has 0 aliphatic carbocycles. The first-order valence-corrected chi connectivity index (χ1v) is 7.45. The molecule has 5 nitrogen and oxygen atoms in total. The largest absolute Gasteiger partial charge is 0.489 e. The van der Waals surface area contributed by atoms with Crippen molar-refractivity contribution in [2.45, 2.75) is 6.61 Å². The number of nitrogens with zero attached hydrogens (tertiary/aromatic N) is 2. The summed E-state index contributed by atoms with van der Waals surface area (Å²) < 4.78 is 10.4. The topological polar surface area (TPSA) is 61.3 Å². The van der Waals surface area contributed by atoms with Gasteiger partial charge in [0.15, 0.2) is 11.5 Å². The number of esters is 1. The standard InChI is InChI=1S/C19H16N2O3/c1-23-19(22)17-11-12-20-18(21-17)15-7-9-16(10-8-15)24-13-14-5-3-2-4-6-14/h2-12H,13H2,1H3. The second-order valence-corrected chi connectivity index (χ2v) is 5.06. The Morgan fingerprint density at radius 3 is 2.46 bits per heavy atom. The third kappa shape index (κ3) is 3.76. The van der Waals surface area contributed by atoms with Gasteiger partial charge in [0.2, 0.25) is 0 Å². The van der Waals surface area contributed by atoms with E-state index in [0.29, 0.717) is 12.4 Å². The highest BCUT2D eigenvalue weighted by Gasteiger charge is 2.09. The Kier molecular flexibility index (Phi) is 4.81. The molecule has 0 radical (unpaired) electrons. The lowest BCUT2D eigenvalue weighted by molar-refractivity contribution is 0.0594. The zero-order valence-corrected chi connectivity index (χ0v) is 13.2. The maximum Gasteiger partial charge on any atom is 0.356 e. The summed E-state index contributed by atoms with van der Waals surface area (Å²) in [6.45, 7) is 0.508. The van der Waals surface area contributed by atoms with Crippen LogP contribution in [0.4, 0.5) is 0 Å². The number of hydrogen-bond donors (Lipinski definition) is 0. The van der Waals surface area contributed by atoms with Crippen LogP contribution in [-0.4, -0.2) is 23.0 Å². The fourth-order valence-electron chi connectivity index (χ4n) is 2.16. The first-order chi connectivity index (χ1) is 11.8. The Morgan fingerprint density at radius 1 is 1.00 bits per heavy atom. The van der Waals surface area contributed by atoms with Crippen LogP contribution >= 0.6 is 0 Å². The van der Waals surface area contributed by atoms with E-state index in [4.69, 9.17) is 4.74 Å². The van der Waals surface area contributed by atoms with Gasteiger partial charge in [-0.2, -0.15) is 0 Å². The lowest BCUT2D eigenvalue weighted by Gasteiger charge is -2.07. The van der Waals surface area contributed by atoms with Crippen LogP contribution in [0, 0.1) is 0 Å². The van der Waals surface area contributed by atoms with Crippen molar-refractivity contribution in [1.29, 1.82) is 0 Å². The molecule has 1 heterocycles. The minimum absolute atomic E-state index is 0.229. The predicted molar refractivity (Wildman–Crippen MR) is 89.6 cm³/mol. The summed E-state index contributed by atoms with van der Waals surface area (Å²) in [6, 6.07) is 18.9. The molecule has 2 aromatic carbocycles. The minimum atomic E-state index is -0.485. The SMILES string of the molecule is COC(=O)c1ccnc(-c2ccc(OCc3ccccc3)cc2)n1. The number of hydrogen-bond acceptors (Lipinski definition) is 5. The van der Waals surface area contributed by atoms with Crippen LogP contribution in [0.1, 0.15) is 16.1 Å². The molecule has 0 atom stereocenters. The van der Waals surface area contributed by atoms with Crippen LogP contribution in [0.3, 0.4) is 0 Å². The van der Waals surface area contributed by atoms with Crippen molar-refractivity contribution in [2.75, 3.05) is 7.11 Å². The molecule has 5 heteroatoms.